The van der Waals surface area contributed by atoms with Gasteiger partial charge in [0.05, 0.1) is 0 Å². The van der Waals surface area contributed by atoms with E-state index in [0.29, 0.717) is 0 Å². The Kier molecular flexibility index (Phi) is 17.1. The topological polar surface area (TPSA) is 0 Å². The summed E-state index contributed by atoms with van der Waals surface area (Å²) in [6.45, 7) is 8.85. The van der Waals surface area contributed by atoms with Crippen LogP contribution in [0.4, 0.5) is 0 Å². The van der Waals surface area contributed by atoms with Crippen molar-refractivity contribution in [3.8, 4) is 0 Å². The third kappa shape index (κ3) is 17.6. The molecule has 9 heavy (non-hydrogen) atoms. The van der Waals surface area contributed by atoms with E-state index in [1.54, 1.807) is 0 Å². The molecule has 0 N–H and O–H groups in total. The minimum Gasteiger partial charge on any atom is -1.00 e. The zero-order valence-electron chi connectivity index (χ0n) is 6.87. The van der Waals surface area contributed by atoms with Crippen molar-refractivity contribution in [2.24, 2.45) is 5.92 Å². The van der Waals surface area contributed by atoms with E-state index in [-0.39, 0.29) is 40.0 Å². The van der Waals surface area contributed by atoms with Crippen LogP contribution in [0.1, 0.15) is 34.1 Å². The van der Waals surface area contributed by atoms with Gasteiger partial charge in [-0.05, 0) is 0 Å². The van der Waals surface area contributed by atoms with E-state index in [1.165, 1.54) is 12.3 Å². The van der Waals surface area contributed by atoms with Crippen molar-refractivity contribution in [1.82, 2.24) is 0 Å². The smallest absolute Gasteiger partial charge is 1.00 e. The third-order valence-electron chi connectivity index (χ3n) is 0.816. The van der Waals surface area contributed by atoms with Crippen LogP contribution < -0.4 is 17.0 Å². The molecule has 2 heteroatoms. The second-order valence-corrected chi connectivity index (χ2v) is 2.81. The Morgan fingerprint density at radius 2 is 1.56 bits per heavy atom. The summed E-state index contributed by atoms with van der Waals surface area (Å²) in [7, 11) is 0. The average Bonchev–Trinajstić information content (AvgIpc) is 1.27. The van der Waals surface area contributed by atoms with Crippen molar-refractivity contribution in [2.45, 2.75) is 34.1 Å². The molecule has 0 saturated carbocycles. The molecule has 0 aliphatic carbocycles. The summed E-state index contributed by atoms with van der Waals surface area (Å²) in [4.78, 5) is 0. The predicted molar refractivity (Wildman–Crippen MR) is 39.8 cm³/mol. The number of hydrogen-bond acceptors (Lipinski definition) is 0. The normalized spacial score (nSPS) is 8.67. The molecule has 0 aromatic carbocycles. The summed E-state index contributed by atoms with van der Waals surface area (Å²) in [6, 6.07) is 0. The summed E-state index contributed by atoms with van der Waals surface area (Å²) >= 11 is 0. The van der Waals surface area contributed by atoms with Gasteiger partial charge in [-0.3, -0.25) is 0 Å². The molecule has 0 amide bonds. The van der Waals surface area contributed by atoms with E-state index in [0.717, 1.165) is 5.92 Å². The zero-order valence-corrected chi connectivity index (χ0v) is 9.87. The van der Waals surface area contributed by atoms with Crippen LogP contribution in [0.2, 0.25) is 0 Å². The molecule has 0 heterocycles. The molecular weight excluding hydrogens is 188 g/mol. The van der Waals surface area contributed by atoms with E-state index in [1.807, 2.05) is 0 Å². The van der Waals surface area contributed by atoms with Gasteiger partial charge in [0.2, 0.25) is 0 Å². The fraction of sp³-hybridized carbons (Fsp3) is 0.857. The first kappa shape index (κ1) is 16.7. The molecule has 0 spiro atoms. The van der Waals surface area contributed by atoms with Crippen molar-refractivity contribution < 1.29 is 17.0 Å². The van der Waals surface area contributed by atoms with Gasteiger partial charge in [0.15, 0.2) is 0 Å². The van der Waals surface area contributed by atoms with Gasteiger partial charge in [-0.15, -0.1) is 0 Å². The Hall–Kier alpha value is 1.25. The SMILES string of the molecule is C[C-](C)CC(C)C.[Br-].[Mg+2]. The minimum atomic E-state index is 0. The molecule has 0 aromatic heterocycles. The Bertz CT molecular complexity index is 38.2. The van der Waals surface area contributed by atoms with Gasteiger partial charge in [-0.2, -0.15) is 20.3 Å². The molecule has 0 nitrogen and oxygen atoms in total. The van der Waals surface area contributed by atoms with Gasteiger partial charge in [0, 0.05) is 0 Å². The molecule has 0 aliphatic heterocycles. The van der Waals surface area contributed by atoms with E-state index in [2.05, 4.69) is 27.7 Å². The van der Waals surface area contributed by atoms with Gasteiger partial charge in [0.1, 0.15) is 0 Å². The maximum atomic E-state index is 2.24. The van der Waals surface area contributed by atoms with E-state index >= 15 is 0 Å². The third-order valence-corrected chi connectivity index (χ3v) is 0.816. The van der Waals surface area contributed by atoms with Gasteiger partial charge in [-0.25, -0.2) is 0 Å². The second-order valence-electron chi connectivity index (χ2n) is 2.81. The van der Waals surface area contributed by atoms with Crippen LogP contribution in [0, 0.1) is 11.8 Å². The maximum Gasteiger partial charge on any atom is 2.00 e. The Balaban J connectivity index is -0.000000180. The summed E-state index contributed by atoms with van der Waals surface area (Å²) in [5.41, 5.74) is 0. The molecule has 0 atom stereocenters. The van der Waals surface area contributed by atoms with Crippen LogP contribution >= 0.6 is 0 Å². The first-order valence-electron chi connectivity index (χ1n) is 2.92. The van der Waals surface area contributed by atoms with Crippen LogP contribution in [-0.2, 0) is 0 Å². The molecule has 0 bridgehead atoms. The second kappa shape index (κ2) is 9.25. The van der Waals surface area contributed by atoms with Crippen molar-refractivity contribution in [2.75, 3.05) is 0 Å². The van der Waals surface area contributed by atoms with E-state index in [9.17, 15) is 0 Å². The standard InChI is InChI=1S/C7H15.BrH.Mg/c1-6(2)5-7(3)4;;/h6H,5H2,1-4H3;1H;/q-1;;+2/p-1. The summed E-state index contributed by atoms with van der Waals surface area (Å²) in [6.07, 6.45) is 1.28. The van der Waals surface area contributed by atoms with Crippen molar-refractivity contribution in [1.29, 1.82) is 0 Å². The van der Waals surface area contributed by atoms with E-state index < -0.39 is 0 Å². The van der Waals surface area contributed by atoms with Gasteiger partial charge < -0.3 is 22.9 Å². The largest absolute Gasteiger partial charge is 2.00 e. The average molecular weight is 203 g/mol. The Labute approximate surface area is 85.7 Å². The number of rotatable bonds is 2. The van der Waals surface area contributed by atoms with E-state index in [4.69, 9.17) is 0 Å². The molecule has 0 aliphatic rings. The predicted octanol–water partition coefficient (Wildman–Crippen LogP) is -0.730. The molecule has 0 aromatic rings. The van der Waals surface area contributed by atoms with Crippen molar-refractivity contribution in [3.05, 3.63) is 5.92 Å². The quantitative estimate of drug-likeness (QED) is 0.410. The fourth-order valence-corrected chi connectivity index (χ4v) is 0.816. The number of hydrogen-bond donors (Lipinski definition) is 0. The zero-order chi connectivity index (χ0) is 5.86. The summed E-state index contributed by atoms with van der Waals surface area (Å²) < 4.78 is 0. The van der Waals surface area contributed by atoms with Gasteiger partial charge >= 0.3 is 23.1 Å². The van der Waals surface area contributed by atoms with Crippen LogP contribution in [0.3, 0.4) is 0 Å². The van der Waals surface area contributed by atoms with Crippen molar-refractivity contribution >= 4 is 23.1 Å². The summed E-state index contributed by atoms with van der Waals surface area (Å²) in [5, 5.41) is 0. The summed E-state index contributed by atoms with van der Waals surface area (Å²) in [5.74, 6) is 2.38. The Morgan fingerprint density at radius 1 is 1.22 bits per heavy atom. The van der Waals surface area contributed by atoms with Crippen LogP contribution in [0.25, 0.3) is 0 Å². The molecule has 0 saturated heterocycles. The van der Waals surface area contributed by atoms with Crippen LogP contribution in [0.5, 0.6) is 0 Å². The van der Waals surface area contributed by atoms with Gasteiger partial charge in [-0.1, -0.05) is 19.8 Å². The monoisotopic (exact) mass is 202 g/mol. The molecule has 52 valence electrons. The van der Waals surface area contributed by atoms with Crippen LogP contribution in [0.15, 0.2) is 0 Å². The fourth-order valence-electron chi connectivity index (χ4n) is 0.816. The molecule has 0 fully saturated rings. The minimum absolute atomic E-state index is 0. The van der Waals surface area contributed by atoms with Crippen LogP contribution in [-0.4, -0.2) is 23.1 Å². The number of halogens is 1. The molecule has 0 radical (unpaired) electrons. The molecular formula is C7H15BrMg. The Morgan fingerprint density at radius 3 is 1.56 bits per heavy atom. The molecule has 0 rings (SSSR count). The molecule has 0 unspecified atom stereocenters. The van der Waals surface area contributed by atoms with Crippen molar-refractivity contribution in [3.63, 3.8) is 0 Å². The van der Waals surface area contributed by atoms with Gasteiger partial charge in [0.25, 0.3) is 0 Å². The first-order valence-corrected chi connectivity index (χ1v) is 2.92. The maximum absolute atomic E-state index is 2.24. The first-order chi connectivity index (χ1) is 3.13.